The molecule has 24 heavy (non-hydrogen) atoms. The SMILES string of the molecule is COc1ccc(O)c(/C=C(\C#N)C(=O)Nc2cccc(Cl)c2Cl)c1. The summed E-state index contributed by atoms with van der Waals surface area (Å²) in [5.41, 5.74) is 0.345. The number of hydrogen-bond donors (Lipinski definition) is 2. The molecule has 0 saturated carbocycles. The van der Waals surface area contributed by atoms with Crippen molar-refractivity contribution in [3.63, 3.8) is 0 Å². The van der Waals surface area contributed by atoms with Gasteiger partial charge in [-0.05, 0) is 36.4 Å². The third kappa shape index (κ3) is 3.99. The fraction of sp³-hybridized carbons (Fsp3) is 0.0588. The van der Waals surface area contributed by atoms with E-state index in [0.717, 1.165) is 0 Å². The number of ether oxygens (including phenoxy) is 1. The second-order valence-electron chi connectivity index (χ2n) is 4.65. The van der Waals surface area contributed by atoms with E-state index in [2.05, 4.69) is 5.32 Å². The summed E-state index contributed by atoms with van der Waals surface area (Å²) in [6.07, 6.45) is 1.26. The van der Waals surface area contributed by atoms with E-state index < -0.39 is 5.91 Å². The molecular formula is C17H12Cl2N2O3. The summed E-state index contributed by atoms with van der Waals surface area (Å²) in [6.45, 7) is 0. The van der Waals surface area contributed by atoms with Crippen molar-refractivity contribution in [1.82, 2.24) is 0 Å². The molecule has 0 spiro atoms. The van der Waals surface area contributed by atoms with Crippen LogP contribution in [0.25, 0.3) is 6.08 Å². The molecule has 2 aromatic rings. The minimum atomic E-state index is -0.677. The lowest BCUT2D eigenvalue weighted by Gasteiger charge is -2.08. The number of amides is 1. The molecule has 0 aliphatic carbocycles. The first-order valence-corrected chi connectivity index (χ1v) is 7.46. The van der Waals surface area contributed by atoms with Gasteiger partial charge in [0.2, 0.25) is 0 Å². The van der Waals surface area contributed by atoms with Crippen LogP contribution in [-0.2, 0) is 4.79 Å². The third-order valence-corrected chi connectivity index (χ3v) is 3.92. The zero-order chi connectivity index (χ0) is 17.7. The first-order valence-electron chi connectivity index (χ1n) is 6.70. The molecule has 1 amide bonds. The Bertz CT molecular complexity index is 857. The number of aromatic hydroxyl groups is 1. The maximum atomic E-state index is 12.3. The van der Waals surface area contributed by atoms with Crippen LogP contribution in [0.5, 0.6) is 11.5 Å². The first-order chi connectivity index (χ1) is 11.5. The average molecular weight is 363 g/mol. The minimum absolute atomic E-state index is 0.0860. The van der Waals surface area contributed by atoms with Crippen molar-refractivity contribution in [3.05, 3.63) is 57.6 Å². The summed E-state index contributed by atoms with van der Waals surface area (Å²) in [4.78, 5) is 12.3. The Hall–Kier alpha value is -2.68. The van der Waals surface area contributed by atoms with Gasteiger partial charge in [0.25, 0.3) is 5.91 Å². The number of anilines is 1. The number of phenolic OH excluding ortho intramolecular Hbond substituents is 1. The topological polar surface area (TPSA) is 82.3 Å². The highest BCUT2D eigenvalue weighted by Gasteiger charge is 2.14. The quantitative estimate of drug-likeness (QED) is 0.628. The van der Waals surface area contributed by atoms with E-state index in [-0.39, 0.29) is 32.6 Å². The van der Waals surface area contributed by atoms with Crippen LogP contribution in [0.15, 0.2) is 42.0 Å². The molecule has 0 unspecified atom stereocenters. The fourth-order valence-corrected chi connectivity index (χ4v) is 2.22. The van der Waals surface area contributed by atoms with Gasteiger partial charge in [-0.15, -0.1) is 0 Å². The maximum absolute atomic E-state index is 12.3. The van der Waals surface area contributed by atoms with E-state index in [1.165, 1.54) is 25.3 Å². The number of methoxy groups -OCH3 is 1. The van der Waals surface area contributed by atoms with Crippen molar-refractivity contribution >= 4 is 40.9 Å². The Labute approximate surface area is 148 Å². The summed E-state index contributed by atoms with van der Waals surface area (Å²) in [7, 11) is 1.47. The zero-order valence-electron chi connectivity index (χ0n) is 12.5. The lowest BCUT2D eigenvalue weighted by atomic mass is 10.1. The van der Waals surface area contributed by atoms with Crippen LogP contribution in [0.3, 0.4) is 0 Å². The molecule has 0 radical (unpaired) electrons. The van der Waals surface area contributed by atoms with Gasteiger partial charge in [0, 0.05) is 5.56 Å². The van der Waals surface area contributed by atoms with Crippen LogP contribution < -0.4 is 10.1 Å². The summed E-state index contributed by atoms with van der Waals surface area (Å²) in [6, 6.07) is 11.0. The van der Waals surface area contributed by atoms with Crippen molar-refractivity contribution in [3.8, 4) is 17.6 Å². The zero-order valence-corrected chi connectivity index (χ0v) is 14.0. The summed E-state index contributed by atoms with van der Waals surface area (Å²) < 4.78 is 5.05. The molecule has 122 valence electrons. The van der Waals surface area contributed by atoms with Gasteiger partial charge in [-0.2, -0.15) is 5.26 Å². The van der Waals surface area contributed by atoms with Gasteiger partial charge in [-0.1, -0.05) is 29.3 Å². The number of carbonyl (C=O) groups excluding carboxylic acids is 1. The van der Waals surface area contributed by atoms with Crippen LogP contribution in [0.4, 0.5) is 5.69 Å². The highest BCUT2D eigenvalue weighted by atomic mass is 35.5. The predicted molar refractivity (Wildman–Crippen MR) is 93.3 cm³/mol. The number of carbonyl (C=O) groups is 1. The third-order valence-electron chi connectivity index (χ3n) is 3.10. The number of nitrogens with one attached hydrogen (secondary N) is 1. The molecule has 0 heterocycles. The molecule has 2 rings (SSSR count). The molecule has 0 aromatic heterocycles. The number of nitrogens with zero attached hydrogens (tertiary/aromatic N) is 1. The van der Waals surface area contributed by atoms with Gasteiger partial charge >= 0.3 is 0 Å². The van der Waals surface area contributed by atoms with Crippen molar-refractivity contribution in [2.75, 3.05) is 12.4 Å². The van der Waals surface area contributed by atoms with Crippen LogP contribution in [0.2, 0.25) is 10.0 Å². The fourth-order valence-electron chi connectivity index (χ4n) is 1.87. The Kier molecular flexibility index (Phi) is 5.69. The van der Waals surface area contributed by atoms with Crippen molar-refractivity contribution in [2.45, 2.75) is 0 Å². The number of phenols is 1. The molecule has 0 bridgehead atoms. The molecular weight excluding hydrogens is 351 g/mol. The minimum Gasteiger partial charge on any atom is -0.507 e. The van der Waals surface area contributed by atoms with Gasteiger partial charge in [0.1, 0.15) is 23.1 Å². The van der Waals surface area contributed by atoms with Gasteiger partial charge < -0.3 is 15.2 Å². The molecule has 7 heteroatoms. The average Bonchev–Trinajstić information content (AvgIpc) is 2.58. The summed E-state index contributed by atoms with van der Waals surface area (Å²) in [5, 5.41) is 22.0. The molecule has 0 fully saturated rings. The Morgan fingerprint density at radius 3 is 2.75 bits per heavy atom. The van der Waals surface area contributed by atoms with Crippen molar-refractivity contribution in [2.24, 2.45) is 0 Å². The van der Waals surface area contributed by atoms with E-state index >= 15 is 0 Å². The molecule has 0 saturated heterocycles. The second-order valence-corrected chi connectivity index (χ2v) is 5.44. The largest absolute Gasteiger partial charge is 0.507 e. The number of benzene rings is 2. The van der Waals surface area contributed by atoms with Gasteiger partial charge in [-0.25, -0.2) is 0 Å². The smallest absolute Gasteiger partial charge is 0.266 e. The van der Waals surface area contributed by atoms with Crippen molar-refractivity contribution < 1.29 is 14.6 Å². The van der Waals surface area contributed by atoms with Gasteiger partial charge in [0.05, 0.1) is 22.8 Å². The van der Waals surface area contributed by atoms with Crippen LogP contribution in [0, 0.1) is 11.3 Å². The van der Waals surface area contributed by atoms with Gasteiger partial charge in [-0.3, -0.25) is 4.79 Å². The highest BCUT2D eigenvalue weighted by molar-refractivity contribution is 6.44. The van der Waals surface area contributed by atoms with Crippen molar-refractivity contribution in [1.29, 1.82) is 5.26 Å². The monoisotopic (exact) mass is 362 g/mol. The molecule has 0 aliphatic rings. The molecule has 0 aliphatic heterocycles. The lowest BCUT2D eigenvalue weighted by molar-refractivity contribution is -0.112. The first kappa shape index (κ1) is 17.7. The highest BCUT2D eigenvalue weighted by Crippen LogP contribution is 2.30. The Balaban J connectivity index is 2.33. The normalized spacial score (nSPS) is 10.8. The maximum Gasteiger partial charge on any atom is 0.266 e. The van der Waals surface area contributed by atoms with E-state index in [9.17, 15) is 15.2 Å². The number of hydrogen-bond acceptors (Lipinski definition) is 4. The van der Waals surface area contributed by atoms with E-state index in [1.807, 2.05) is 0 Å². The summed E-state index contributed by atoms with van der Waals surface area (Å²) >= 11 is 11.9. The second kappa shape index (κ2) is 7.73. The lowest BCUT2D eigenvalue weighted by Crippen LogP contribution is -2.13. The molecule has 0 atom stereocenters. The number of halogens is 2. The van der Waals surface area contributed by atoms with E-state index in [0.29, 0.717) is 5.75 Å². The molecule has 5 nitrogen and oxygen atoms in total. The molecule has 2 N–H and O–H groups in total. The number of nitriles is 1. The van der Waals surface area contributed by atoms with Crippen LogP contribution in [-0.4, -0.2) is 18.1 Å². The predicted octanol–water partition coefficient (Wildman–Crippen LogP) is 4.25. The van der Waals surface area contributed by atoms with Crippen LogP contribution >= 0.6 is 23.2 Å². The molecule has 2 aromatic carbocycles. The Morgan fingerprint density at radius 2 is 2.08 bits per heavy atom. The summed E-state index contributed by atoms with van der Waals surface area (Å²) in [5.74, 6) is -0.282. The van der Waals surface area contributed by atoms with Gasteiger partial charge in [0.15, 0.2) is 0 Å². The van der Waals surface area contributed by atoms with Crippen LogP contribution in [0.1, 0.15) is 5.56 Å². The van der Waals surface area contributed by atoms with E-state index in [1.54, 1.807) is 30.3 Å². The van der Waals surface area contributed by atoms with E-state index in [4.69, 9.17) is 27.9 Å². The standard InChI is InChI=1S/C17H12Cl2N2O3/c1-24-12-5-6-15(22)10(8-12)7-11(9-20)17(23)21-14-4-2-3-13(18)16(14)19/h2-8,22H,1H3,(H,21,23)/b11-7+. The number of rotatable bonds is 4. The Morgan fingerprint density at radius 1 is 1.33 bits per heavy atom.